The van der Waals surface area contributed by atoms with E-state index in [1.54, 1.807) is 0 Å². The Kier molecular flexibility index (Phi) is 7.79. The highest BCUT2D eigenvalue weighted by Crippen LogP contribution is 2.40. The monoisotopic (exact) mass is 566 g/mol. The molecule has 6 rings (SSSR count). The van der Waals surface area contributed by atoms with Gasteiger partial charge in [-0.05, 0) is 11.1 Å². The Balaban J connectivity index is 0.000000155. The zero-order valence-electron chi connectivity index (χ0n) is 19.7. The molecule has 0 amide bonds. The van der Waals surface area contributed by atoms with Crippen LogP contribution in [-0.2, 0) is 21.6 Å². The van der Waals surface area contributed by atoms with Gasteiger partial charge in [0.1, 0.15) is 21.6 Å². The molecule has 0 spiro atoms. The van der Waals surface area contributed by atoms with Crippen LogP contribution in [0, 0.1) is 0 Å². The van der Waals surface area contributed by atoms with E-state index in [0.717, 1.165) is 11.1 Å². The molecule has 0 aliphatic carbocycles. The summed E-state index contributed by atoms with van der Waals surface area (Å²) in [6.45, 7) is 0. The van der Waals surface area contributed by atoms with Crippen LogP contribution >= 0.6 is 0 Å². The minimum atomic E-state index is -1.91. The Morgan fingerprint density at radius 1 is 0.684 bits per heavy atom. The molecule has 0 saturated heterocycles. The Hall–Kier alpha value is -3.26. The minimum Gasteiger partial charge on any atom is -0.248 e. The van der Waals surface area contributed by atoms with E-state index in [-0.39, 0.29) is 46.9 Å². The number of hydrogen-bond donors (Lipinski definition) is 0. The van der Waals surface area contributed by atoms with Gasteiger partial charge >= 0.3 is 0 Å². The first-order valence-corrected chi connectivity index (χ1v) is 14.2. The average Bonchev–Trinajstić information content (AvgIpc) is 3.72. The van der Waals surface area contributed by atoms with Crippen molar-refractivity contribution < 1.29 is 26.0 Å². The highest BCUT2D eigenvalue weighted by molar-refractivity contribution is 7.84. The number of halogens is 4. The Morgan fingerprint density at radius 2 is 1.05 bits per heavy atom. The van der Waals surface area contributed by atoms with E-state index in [4.69, 9.17) is 0 Å². The molecule has 2 aromatic carbocycles. The quantitative estimate of drug-likeness (QED) is 0.316. The van der Waals surface area contributed by atoms with Gasteiger partial charge in [0, 0.05) is 12.8 Å². The third-order valence-corrected chi connectivity index (χ3v) is 7.82. The van der Waals surface area contributed by atoms with Crippen LogP contribution in [-0.4, -0.2) is 50.0 Å². The summed E-state index contributed by atoms with van der Waals surface area (Å²) in [5, 5.41) is 7.71. The predicted molar refractivity (Wildman–Crippen MR) is 131 cm³/mol. The van der Waals surface area contributed by atoms with Crippen LogP contribution in [0.5, 0.6) is 0 Å². The van der Waals surface area contributed by atoms with Crippen LogP contribution in [0.1, 0.15) is 60.0 Å². The number of fused-ring (bicyclic) bond motifs is 2. The van der Waals surface area contributed by atoms with Crippen molar-refractivity contribution in [1.29, 1.82) is 0 Å². The lowest BCUT2D eigenvalue weighted by Gasteiger charge is -2.11. The number of aromatic nitrogens is 6. The summed E-state index contributed by atoms with van der Waals surface area (Å²) in [7, 11) is -3.82. The average molecular weight is 567 g/mol. The molecular weight excluding hydrogens is 544 g/mol. The highest BCUT2D eigenvalue weighted by atomic mass is 32.2. The number of nitrogens with zero attached hydrogens (tertiary/aromatic N) is 6. The van der Waals surface area contributed by atoms with Crippen molar-refractivity contribution in [2.75, 3.05) is 12.0 Å². The summed E-state index contributed by atoms with van der Waals surface area (Å²) in [6, 6.07) is 16.0. The highest BCUT2D eigenvalue weighted by Gasteiger charge is 2.37. The van der Waals surface area contributed by atoms with Gasteiger partial charge in [-0.1, -0.05) is 60.7 Å². The van der Waals surface area contributed by atoms with E-state index in [1.807, 2.05) is 60.7 Å². The van der Waals surface area contributed by atoms with Crippen molar-refractivity contribution in [3.8, 4) is 0 Å². The van der Waals surface area contributed by atoms with Gasteiger partial charge in [0.2, 0.25) is 10.3 Å². The number of hydrogen-bond acceptors (Lipinski definition) is 6. The first-order chi connectivity index (χ1) is 18.4. The maximum atomic E-state index is 13.9. The van der Waals surface area contributed by atoms with Gasteiger partial charge < -0.3 is 0 Å². The van der Waals surface area contributed by atoms with Crippen molar-refractivity contribution in [2.24, 2.45) is 0 Å². The normalized spacial score (nSPS) is 23.3. The molecule has 0 saturated carbocycles. The molecule has 2 aliphatic heterocycles. The van der Waals surface area contributed by atoms with Crippen LogP contribution in [0.4, 0.5) is 17.6 Å². The molecule has 0 fully saturated rings. The molecule has 2 aliphatic rings. The lowest BCUT2D eigenvalue weighted by molar-refractivity contribution is 0.326. The summed E-state index contributed by atoms with van der Waals surface area (Å²) >= 11 is 0. The van der Waals surface area contributed by atoms with Gasteiger partial charge in [0.05, 0.1) is 12.1 Å². The molecule has 14 heteroatoms. The smallest absolute Gasteiger partial charge is 0.241 e. The maximum absolute atomic E-state index is 13.9. The minimum absolute atomic E-state index is 0.130. The molecule has 200 valence electrons. The van der Waals surface area contributed by atoms with Crippen LogP contribution in [0.25, 0.3) is 0 Å². The topological polar surface area (TPSA) is 95.6 Å². The van der Waals surface area contributed by atoms with Crippen molar-refractivity contribution in [3.05, 3.63) is 83.4 Å². The van der Waals surface area contributed by atoms with Crippen molar-refractivity contribution in [3.63, 3.8) is 0 Å². The third kappa shape index (κ3) is 5.06. The largest absolute Gasteiger partial charge is 0.248 e. The zero-order valence-corrected chi connectivity index (χ0v) is 21.4. The van der Waals surface area contributed by atoms with Crippen LogP contribution in [0.3, 0.4) is 0 Å². The van der Waals surface area contributed by atoms with E-state index >= 15 is 0 Å². The van der Waals surface area contributed by atoms with E-state index in [2.05, 4.69) is 20.2 Å². The van der Waals surface area contributed by atoms with E-state index in [0.29, 0.717) is 0 Å². The van der Waals surface area contributed by atoms with E-state index < -0.39 is 46.0 Å². The molecule has 0 unspecified atom stereocenters. The Morgan fingerprint density at radius 3 is 1.39 bits per heavy atom. The molecule has 0 N–H and O–H groups in total. The first kappa shape index (κ1) is 26.4. The maximum Gasteiger partial charge on any atom is 0.241 e. The van der Waals surface area contributed by atoms with Gasteiger partial charge in [-0.25, -0.2) is 45.3 Å². The summed E-state index contributed by atoms with van der Waals surface area (Å²) < 4.78 is 78.1. The lowest BCUT2D eigenvalue weighted by Crippen LogP contribution is -2.08. The number of rotatable bonds is 6. The van der Waals surface area contributed by atoms with Gasteiger partial charge in [-0.15, -0.1) is 10.2 Å². The Labute approximate surface area is 220 Å². The molecular formula is C24H22F4N6O2S2. The van der Waals surface area contributed by atoms with Crippen LogP contribution in [0.15, 0.2) is 71.0 Å². The summed E-state index contributed by atoms with van der Waals surface area (Å²) in [4.78, 5) is 7.71. The zero-order chi connectivity index (χ0) is 26.8. The van der Waals surface area contributed by atoms with Crippen molar-refractivity contribution >= 4 is 21.6 Å². The summed E-state index contributed by atoms with van der Waals surface area (Å²) in [5.41, 5.74) is 1.82. The summed E-state index contributed by atoms with van der Waals surface area (Å²) in [5.74, 6) is 0.260. The third-order valence-electron chi connectivity index (χ3n) is 6.26. The summed E-state index contributed by atoms with van der Waals surface area (Å²) in [6.07, 6.45) is -2.02. The second-order valence-electron chi connectivity index (χ2n) is 8.56. The second kappa shape index (κ2) is 11.2. The molecule has 38 heavy (non-hydrogen) atoms. The second-order valence-corrected chi connectivity index (χ2v) is 11.1. The van der Waals surface area contributed by atoms with Gasteiger partial charge in [-0.3, -0.25) is 0 Å². The lowest BCUT2D eigenvalue weighted by atomic mass is 10.0. The first-order valence-electron chi connectivity index (χ1n) is 11.6. The molecule has 8 nitrogen and oxygen atoms in total. The molecule has 6 atom stereocenters. The SMILES string of the molecule is O=[S@@](CF)c1nc2n(n1)[C@H](c1ccccc1)C[C@@H]2F.O=[S@](CF)c1nc2n(n1)[C@H](c1ccccc1)C[C@@H]2F. The van der Waals surface area contributed by atoms with Crippen molar-refractivity contribution in [1.82, 2.24) is 29.5 Å². The standard InChI is InChI=1S/2C12H11F2N3OS/c2*13-7-19(18)12-15-11-9(14)6-10(17(11)16-12)8-4-2-1-3-5-8/h2*1-5,9-10H,6-7H2/t9-,10-,19+;9-,10-,19-/m00/s1. The Bertz CT molecular complexity index is 1340. The molecule has 0 radical (unpaired) electrons. The van der Waals surface area contributed by atoms with Gasteiger partial charge in [-0.2, -0.15) is 0 Å². The van der Waals surface area contributed by atoms with Gasteiger partial charge in [0.25, 0.3) is 0 Å². The van der Waals surface area contributed by atoms with Crippen LogP contribution < -0.4 is 0 Å². The fraction of sp³-hybridized carbons (Fsp3) is 0.333. The number of alkyl halides is 4. The molecule has 0 bridgehead atoms. The molecule has 2 aromatic heterocycles. The van der Waals surface area contributed by atoms with E-state index in [1.165, 1.54) is 9.36 Å². The van der Waals surface area contributed by atoms with Crippen LogP contribution in [0.2, 0.25) is 0 Å². The van der Waals surface area contributed by atoms with E-state index in [9.17, 15) is 26.0 Å². The number of benzene rings is 2. The fourth-order valence-corrected chi connectivity index (χ4v) is 5.46. The fourth-order valence-electron chi connectivity index (χ4n) is 4.51. The predicted octanol–water partition coefficient (Wildman–Crippen LogP) is 4.63. The molecule has 4 aromatic rings. The van der Waals surface area contributed by atoms with Crippen molar-refractivity contribution in [2.45, 2.75) is 47.6 Å². The molecule has 4 heterocycles. The van der Waals surface area contributed by atoms with Gasteiger partial charge in [0.15, 0.2) is 36.0 Å².